The molecule has 0 spiro atoms. The molecule has 2 amide bonds. The topological polar surface area (TPSA) is 49.4 Å². The molecular weight excluding hydrogens is 252 g/mol. The molecule has 2 aliphatic rings. The number of amides is 2. The molecular formula is C16H20N2O2. The van der Waals surface area contributed by atoms with Crippen molar-refractivity contribution in [1.29, 1.82) is 0 Å². The summed E-state index contributed by atoms with van der Waals surface area (Å²) in [5, 5.41) is 2.94. The Morgan fingerprint density at radius 1 is 1.10 bits per heavy atom. The molecule has 0 aromatic heterocycles. The van der Waals surface area contributed by atoms with Crippen molar-refractivity contribution in [2.24, 2.45) is 5.92 Å². The first-order valence-electron chi connectivity index (χ1n) is 7.36. The Bertz CT molecular complexity index is 516. The van der Waals surface area contributed by atoms with Crippen molar-refractivity contribution in [2.75, 3.05) is 10.2 Å². The normalized spacial score (nSPS) is 18.2. The molecule has 0 bridgehead atoms. The van der Waals surface area contributed by atoms with Crippen LogP contribution in [0.2, 0.25) is 0 Å². The molecule has 106 valence electrons. The average Bonchev–Trinajstić information content (AvgIpc) is 3.13. The second kappa shape index (κ2) is 5.27. The number of hydrogen-bond donors (Lipinski definition) is 1. The molecule has 0 atom stereocenters. The van der Waals surface area contributed by atoms with E-state index in [0.717, 1.165) is 43.5 Å². The fraction of sp³-hybridized carbons (Fsp3) is 0.500. The van der Waals surface area contributed by atoms with Crippen LogP contribution in [0.25, 0.3) is 0 Å². The molecule has 0 aliphatic heterocycles. The highest BCUT2D eigenvalue weighted by molar-refractivity contribution is 5.95. The van der Waals surface area contributed by atoms with Crippen molar-refractivity contribution in [2.45, 2.75) is 45.1 Å². The van der Waals surface area contributed by atoms with Crippen LogP contribution >= 0.6 is 0 Å². The molecule has 0 saturated heterocycles. The first kappa shape index (κ1) is 13.2. The molecule has 1 aromatic rings. The molecule has 3 rings (SSSR count). The SMILES string of the molecule is CC(=O)N(c1ccc(NC(=O)C2CCC2)cc1)C1CC1. The summed E-state index contributed by atoms with van der Waals surface area (Å²) in [5.41, 5.74) is 1.73. The first-order chi connectivity index (χ1) is 9.65. The van der Waals surface area contributed by atoms with Crippen LogP contribution in [0, 0.1) is 5.92 Å². The fourth-order valence-electron chi connectivity index (χ4n) is 2.60. The number of benzene rings is 1. The Hall–Kier alpha value is -1.84. The molecule has 4 nitrogen and oxygen atoms in total. The summed E-state index contributed by atoms with van der Waals surface area (Å²) in [6.07, 6.45) is 5.33. The van der Waals surface area contributed by atoms with Gasteiger partial charge in [0, 0.05) is 30.3 Å². The van der Waals surface area contributed by atoms with Crippen LogP contribution in [0.3, 0.4) is 0 Å². The smallest absolute Gasteiger partial charge is 0.227 e. The van der Waals surface area contributed by atoms with Gasteiger partial charge in [-0.05, 0) is 49.9 Å². The van der Waals surface area contributed by atoms with Crippen LogP contribution < -0.4 is 10.2 Å². The summed E-state index contributed by atoms with van der Waals surface area (Å²) < 4.78 is 0. The molecule has 1 aromatic carbocycles. The van der Waals surface area contributed by atoms with Crippen molar-refractivity contribution in [1.82, 2.24) is 0 Å². The van der Waals surface area contributed by atoms with Crippen LogP contribution in [0.1, 0.15) is 39.0 Å². The van der Waals surface area contributed by atoms with E-state index >= 15 is 0 Å². The lowest BCUT2D eigenvalue weighted by Crippen LogP contribution is -2.30. The maximum absolute atomic E-state index is 11.9. The minimum atomic E-state index is 0.0822. The Kier molecular flexibility index (Phi) is 3.47. The van der Waals surface area contributed by atoms with Crippen molar-refractivity contribution < 1.29 is 9.59 Å². The standard InChI is InChI=1S/C16H20N2O2/c1-11(19)18(15-9-10-15)14-7-5-13(6-8-14)17-16(20)12-3-2-4-12/h5-8,12,15H,2-4,9-10H2,1H3,(H,17,20). The van der Waals surface area contributed by atoms with Gasteiger partial charge in [0.2, 0.25) is 11.8 Å². The Morgan fingerprint density at radius 3 is 2.20 bits per heavy atom. The zero-order valence-electron chi connectivity index (χ0n) is 11.8. The van der Waals surface area contributed by atoms with Crippen LogP contribution in [-0.2, 0) is 9.59 Å². The lowest BCUT2D eigenvalue weighted by molar-refractivity contribution is -0.122. The molecule has 2 saturated carbocycles. The number of carbonyl (C=O) groups excluding carboxylic acids is 2. The summed E-state index contributed by atoms with van der Waals surface area (Å²) in [5.74, 6) is 0.392. The van der Waals surface area contributed by atoms with E-state index in [1.807, 2.05) is 29.2 Å². The molecule has 2 aliphatic carbocycles. The third kappa shape index (κ3) is 2.69. The van der Waals surface area contributed by atoms with Crippen LogP contribution in [0.4, 0.5) is 11.4 Å². The van der Waals surface area contributed by atoms with E-state index in [4.69, 9.17) is 0 Å². The third-order valence-electron chi connectivity index (χ3n) is 4.14. The predicted molar refractivity (Wildman–Crippen MR) is 78.6 cm³/mol. The second-order valence-electron chi connectivity index (χ2n) is 5.78. The van der Waals surface area contributed by atoms with E-state index in [-0.39, 0.29) is 17.7 Å². The number of anilines is 2. The second-order valence-corrected chi connectivity index (χ2v) is 5.78. The number of nitrogens with one attached hydrogen (secondary N) is 1. The summed E-state index contributed by atoms with van der Waals surface area (Å²) in [7, 11) is 0. The maximum Gasteiger partial charge on any atom is 0.227 e. The van der Waals surface area contributed by atoms with Gasteiger partial charge in [-0.1, -0.05) is 6.42 Å². The molecule has 0 unspecified atom stereocenters. The zero-order chi connectivity index (χ0) is 14.1. The molecule has 4 heteroatoms. The van der Waals surface area contributed by atoms with Crippen molar-refractivity contribution in [3.05, 3.63) is 24.3 Å². The minimum absolute atomic E-state index is 0.0822. The fourth-order valence-corrected chi connectivity index (χ4v) is 2.60. The van der Waals surface area contributed by atoms with E-state index in [2.05, 4.69) is 5.32 Å². The number of carbonyl (C=O) groups is 2. The van der Waals surface area contributed by atoms with E-state index < -0.39 is 0 Å². The first-order valence-corrected chi connectivity index (χ1v) is 7.36. The summed E-state index contributed by atoms with van der Waals surface area (Å²) in [6, 6.07) is 7.95. The Morgan fingerprint density at radius 2 is 1.75 bits per heavy atom. The molecule has 1 N–H and O–H groups in total. The van der Waals surface area contributed by atoms with Gasteiger partial charge in [0.1, 0.15) is 0 Å². The highest BCUT2D eigenvalue weighted by Gasteiger charge is 2.32. The van der Waals surface area contributed by atoms with Crippen LogP contribution in [0.5, 0.6) is 0 Å². The third-order valence-corrected chi connectivity index (χ3v) is 4.14. The zero-order valence-corrected chi connectivity index (χ0v) is 11.8. The monoisotopic (exact) mass is 272 g/mol. The van der Waals surface area contributed by atoms with Crippen molar-refractivity contribution in [3.63, 3.8) is 0 Å². The summed E-state index contributed by atoms with van der Waals surface area (Å²) in [4.78, 5) is 25.4. The molecule has 0 radical (unpaired) electrons. The summed E-state index contributed by atoms with van der Waals surface area (Å²) in [6.45, 7) is 1.60. The largest absolute Gasteiger partial charge is 0.326 e. The van der Waals surface area contributed by atoms with E-state index in [1.165, 1.54) is 0 Å². The van der Waals surface area contributed by atoms with Crippen molar-refractivity contribution >= 4 is 23.2 Å². The Labute approximate surface area is 119 Å². The molecule has 2 fully saturated rings. The van der Waals surface area contributed by atoms with Gasteiger partial charge < -0.3 is 10.2 Å². The average molecular weight is 272 g/mol. The highest BCUT2D eigenvalue weighted by Crippen LogP contribution is 2.32. The van der Waals surface area contributed by atoms with Gasteiger partial charge in [-0.25, -0.2) is 0 Å². The molecule has 0 heterocycles. The Balaban J connectivity index is 1.67. The van der Waals surface area contributed by atoms with Crippen LogP contribution in [-0.4, -0.2) is 17.9 Å². The lowest BCUT2D eigenvalue weighted by Gasteiger charge is -2.24. The van der Waals surface area contributed by atoms with Gasteiger partial charge in [0.25, 0.3) is 0 Å². The predicted octanol–water partition coefficient (Wildman–Crippen LogP) is 2.94. The van der Waals surface area contributed by atoms with E-state index in [1.54, 1.807) is 6.92 Å². The van der Waals surface area contributed by atoms with Gasteiger partial charge in [0.15, 0.2) is 0 Å². The van der Waals surface area contributed by atoms with E-state index in [9.17, 15) is 9.59 Å². The van der Waals surface area contributed by atoms with Crippen molar-refractivity contribution in [3.8, 4) is 0 Å². The van der Waals surface area contributed by atoms with Gasteiger partial charge in [0.05, 0.1) is 0 Å². The maximum atomic E-state index is 11.9. The number of rotatable bonds is 4. The number of nitrogens with zero attached hydrogens (tertiary/aromatic N) is 1. The van der Waals surface area contributed by atoms with Gasteiger partial charge >= 0.3 is 0 Å². The lowest BCUT2D eigenvalue weighted by atomic mass is 9.85. The van der Waals surface area contributed by atoms with Gasteiger partial charge in [-0.15, -0.1) is 0 Å². The molecule has 20 heavy (non-hydrogen) atoms. The van der Waals surface area contributed by atoms with Gasteiger partial charge in [-0.3, -0.25) is 9.59 Å². The number of hydrogen-bond acceptors (Lipinski definition) is 2. The van der Waals surface area contributed by atoms with Gasteiger partial charge in [-0.2, -0.15) is 0 Å². The van der Waals surface area contributed by atoms with E-state index in [0.29, 0.717) is 6.04 Å². The summed E-state index contributed by atoms with van der Waals surface area (Å²) >= 11 is 0. The highest BCUT2D eigenvalue weighted by atomic mass is 16.2. The van der Waals surface area contributed by atoms with Crippen LogP contribution in [0.15, 0.2) is 24.3 Å². The quantitative estimate of drug-likeness (QED) is 0.916. The minimum Gasteiger partial charge on any atom is -0.326 e.